The van der Waals surface area contributed by atoms with E-state index in [2.05, 4.69) is 21.1 Å². The van der Waals surface area contributed by atoms with E-state index < -0.39 is 6.03 Å². The molecule has 1 fully saturated rings. The Morgan fingerprint density at radius 3 is 2.50 bits per heavy atom. The normalized spacial score (nSPS) is 15.1. The summed E-state index contributed by atoms with van der Waals surface area (Å²) in [5.41, 5.74) is 6.52. The number of benzene rings is 1. The molecule has 0 atom stereocenters. The van der Waals surface area contributed by atoms with E-state index in [-0.39, 0.29) is 5.91 Å². The number of morpholine rings is 1. The highest BCUT2D eigenvalue weighted by Gasteiger charge is 2.12. The summed E-state index contributed by atoms with van der Waals surface area (Å²) in [4.78, 5) is 25.5. The summed E-state index contributed by atoms with van der Waals surface area (Å²) < 4.78 is 5.24. The lowest BCUT2D eigenvalue weighted by Gasteiger charge is -2.26. The van der Waals surface area contributed by atoms with Gasteiger partial charge in [-0.25, -0.2) is 10.2 Å². The summed E-state index contributed by atoms with van der Waals surface area (Å²) in [5.74, 6) is -0.217. The average Bonchev–Trinajstić information content (AvgIpc) is 2.54. The fraction of sp³-hybridized carbons (Fsp3) is 0.467. The lowest BCUT2D eigenvalue weighted by atomic mass is 10.2. The molecule has 22 heavy (non-hydrogen) atoms. The van der Waals surface area contributed by atoms with Crippen molar-refractivity contribution in [3.8, 4) is 0 Å². The number of anilines is 1. The molecule has 7 nitrogen and oxygen atoms in total. The van der Waals surface area contributed by atoms with Crippen LogP contribution in [0.1, 0.15) is 12.0 Å². The van der Waals surface area contributed by atoms with Crippen LogP contribution in [0.3, 0.4) is 0 Å². The maximum Gasteiger partial charge on any atom is 0.337 e. The van der Waals surface area contributed by atoms with Crippen LogP contribution in [0.15, 0.2) is 24.3 Å². The van der Waals surface area contributed by atoms with Crippen molar-refractivity contribution in [2.75, 3.05) is 38.2 Å². The van der Waals surface area contributed by atoms with E-state index in [1.54, 1.807) is 12.1 Å². The van der Waals surface area contributed by atoms with E-state index in [1.165, 1.54) is 0 Å². The Balaban J connectivity index is 1.62. The van der Waals surface area contributed by atoms with Crippen LogP contribution in [0.5, 0.6) is 0 Å². The molecular formula is C15H22N4O3. The number of carbonyl (C=O) groups is 2. The van der Waals surface area contributed by atoms with Crippen LogP contribution < -0.4 is 16.2 Å². The minimum Gasteiger partial charge on any atom is -0.379 e. The van der Waals surface area contributed by atoms with Gasteiger partial charge in [0.15, 0.2) is 0 Å². The zero-order valence-corrected chi connectivity index (χ0v) is 12.7. The van der Waals surface area contributed by atoms with E-state index in [0.29, 0.717) is 31.9 Å². The van der Waals surface area contributed by atoms with Crippen LogP contribution in [-0.4, -0.2) is 49.7 Å². The first-order chi connectivity index (χ1) is 10.6. The first-order valence-electron chi connectivity index (χ1n) is 7.36. The number of nitrogens with one attached hydrogen (secondary N) is 3. The second-order valence-electron chi connectivity index (χ2n) is 5.20. The number of nitrogens with zero attached hydrogens (tertiary/aromatic N) is 1. The molecule has 3 N–H and O–H groups in total. The van der Waals surface area contributed by atoms with Crippen molar-refractivity contribution in [2.24, 2.45) is 0 Å². The number of hydrogen-bond acceptors (Lipinski definition) is 4. The number of aryl methyl sites for hydroxylation is 1. The summed E-state index contributed by atoms with van der Waals surface area (Å²) in [6, 6.07) is 6.93. The summed E-state index contributed by atoms with van der Waals surface area (Å²) in [7, 11) is 0. The standard InChI is InChI=1S/C15H22N4O3/c1-12-2-4-13(5-3-12)16-15(21)18-17-14(20)6-7-19-8-10-22-11-9-19/h2-5H,6-11H2,1H3,(H,17,20)(H2,16,18,21). The maximum absolute atomic E-state index is 11.7. The number of hydrogen-bond donors (Lipinski definition) is 3. The van der Waals surface area contributed by atoms with Crippen LogP contribution in [0.4, 0.5) is 10.5 Å². The minimum absolute atomic E-state index is 0.217. The molecule has 1 aliphatic heterocycles. The molecule has 1 heterocycles. The van der Waals surface area contributed by atoms with Crippen molar-refractivity contribution in [1.82, 2.24) is 15.8 Å². The van der Waals surface area contributed by atoms with Gasteiger partial charge in [0.25, 0.3) is 0 Å². The highest BCUT2D eigenvalue weighted by Crippen LogP contribution is 2.07. The van der Waals surface area contributed by atoms with Crippen molar-refractivity contribution in [3.05, 3.63) is 29.8 Å². The van der Waals surface area contributed by atoms with Crippen LogP contribution in [-0.2, 0) is 9.53 Å². The highest BCUT2D eigenvalue weighted by molar-refractivity contribution is 5.90. The number of ether oxygens (including phenoxy) is 1. The van der Waals surface area contributed by atoms with Crippen LogP contribution in [0, 0.1) is 6.92 Å². The Morgan fingerprint density at radius 2 is 1.82 bits per heavy atom. The molecule has 2 rings (SSSR count). The van der Waals surface area contributed by atoms with E-state index in [1.807, 2.05) is 19.1 Å². The van der Waals surface area contributed by atoms with Crippen LogP contribution >= 0.6 is 0 Å². The van der Waals surface area contributed by atoms with Crippen LogP contribution in [0.25, 0.3) is 0 Å². The molecule has 1 saturated heterocycles. The van der Waals surface area contributed by atoms with Crippen molar-refractivity contribution in [1.29, 1.82) is 0 Å². The zero-order chi connectivity index (χ0) is 15.8. The molecule has 1 aliphatic rings. The Morgan fingerprint density at radius 1 is 1.14 bits per heavy atom. The monoisotopic (exact) mass is 306 g/mol. The first-order valence-corrected chi connectivity index (χ1v) is 7.36. The molecule has 7 heteroatoms. The first kappa shape index (κ1) is 16.3. The molecule has 0 aliphatic carbocycles. The van der Waals surface area contributed by atoms with Gasteiger partial charge in [-0.05, 0) is 19.1 Å². The van der Waals surface area contributed by atoms with Gasteiger partial charge < -0.3 is 10.1 Å². The topological polar surface area (TPSA) is 82.7 Å². The molecule has 0 radical (unpaired) electrons. The Hall–Kier alpha value is -2.12. The lowest BCUT2D eigenvalue weighted by Crippen LogP contribution is -2.45. The molecule has 0 aromatic heterocycles. The molecular weight excluding hydrogens is 284 g/mol. The summed E-state index contributed by atoms with van der Waals surface area (Å²) in [6.45, 7) is 5.73. The molecule has 0 unspecified atom stereocenters. The smallest absolute Gasteiger partial charge is 0.337 e. The fourth-order valence-electron chi connectivity index (χ4n) is 2.07. The third-order valence-electron chi connectivity index (χ3n) is 3.38. The molecule has 1 aromatic carbocycles. The third-order valence-corrected chi connectivity index (χ3v) is 3.38. The molecule has 120 valence electrons. The van der Waals surface area contributed by atoms with Gasteiger partial charge >= 0.3 is 6.03 Å². The SMILES string of the molecule is Cc1ccc(NC(=O)NNC(=O)CCN2CCOCC2)cc1. The zero-order valence-electron chi connectivity index (χ0n) is 12.7. The molecule has 0 spiro atoms. The van der Waals surface area contributed by atoms with Gasteiger partial charge in [-0.15, -0.1) is 0 Å². The Labute approximate surface area is 130 Å². The summed E-state index contributed by atoms with van der Waals surface area (Å²) >= 11 is 0. The average molecular weight is 306 g/mol. The molecule has 0 saturated carbocycles. The minimum atomic E-state index is -0.469. The summed E-state index contributed by atoms with van der Waals surface area (Å²) in [5, 5.41) is 2.64. The van der Waals surface area contributed by atoms with Gasteiger partial charge in [0.05, 0.1) is 13.2 Å². The number of hydrazine groups is 1. The van der Waals surface area contributed by atoms with Gasteiger partial charge in [0.1, 0.15) is 0 Å². The van der Waals surface area contributed by atoms with E-state index in [9.17, 15) is 9.59 Å². The number of carbonyl (C=O) groups excluding carboxylic acids is 2. The molecule has 0 bridgehead atoms. The quantitative estimate of drug-likeness (QED) is 0.721. The second kappa shape index (κ2) is 8.35. The van der Waals surface area contributed by atoms with Gasteiger partial charge in [-0.1, -0.05) is 17.7 Å². The van der Waals surface area contributed by atoms with Crippen molar-refractivity contribution in [3.63, 3.8) is 0 Å². The summed E-state index contributed by atoms with van der Waals surface area (Å²) in [6.07, 6.45) is 0.338. The lowest BCUT2D eigenvalue weighted by molar-refractivity contribution is -0.122. The number of rotatable bonds is 4. The van der Waals surface area contributed by atoms with Gasteiger partial charge in [0.2, 0.25) is 5.91 Å². The third kappa shape index (κ3) is 5.71. The van der Waals surface area contributed by atoms with Crippen molar-refractivity contribution in [2.45, 2.75) is 13.3 Å². The predicted molar refractivity (Wildman–Crippen MR) is 83.4 cm³/mol. The van der Waals surface area contributed by atoms with Gasteiger partial charge in [-0.2, -0.15) is 0 Å². The van der Waals surface area contributed by atoms with Crippen LogP contribution in [0.2, 0.25) is 0 Å². The van der Waals surface area contributed by atoms with E-state index in [0.717, 1.165) is 18.7 Å². The second-order valence-corrected chi connectivity index (χ2v) is 5.20. The van der Waals surface area contributed by atoms with Gasteiger partial charge in [-0.3, -0.25) is 15.1 Å². The highest BCUT2D eigenvalue weighted by atomic mass is 16.5. The van der Waals surface area contributed by atoms with Crippen molar-refractivity contribution < 1.29 is 14.3 Å². The maximum atomic E-state index is 11.7. The van der Waals surface area contributed by atoms with E-state index >= 15 is 0 Å². The van der Waals surface area contributed by atoms with E-state index in [4.69, 9.17) is 4.74 Å². The Kier molecular flexibility index (Phi) is 6.17. The fourth-order valence-corrected chi connectivity index (χ4v) is 2.07. The van der Waals surface area contributed by atoms with Gasteiger partial charge in [0, 0.05) is 31.7 Å². The number of amides is 3. The number of urea groups is 1. The van der Waals surface area contributed by atoms with Crippen molar-refractivity contribution >= 4 is 17.6 Å². The Bertz CT molecular complexity index is 498. The molecule has 1 aromatic rings. The predicted octanol–water partition coefficient (Wildman–Crippen LogP) is 0.870. The molecule has 3 amide bonds. The largest absolute Gasteiger partial charge is 0.379 e.